The highest BCUT2D eigenvalue weighted by Crippen LogP contribution is 2.34. The molecule has 1 fully saturated rings. The number of aryl methyl sites for hydroxylation is 1. The van der Waals surface area contributed by atoms with Crippen LogP contribution in [0.2, 0.25) is 0 Å². The Labute approximate surface area is 120 Å². The van der Waals surface area contributed by atoms with Gasteiger partial charge in [0, 0.05) is 12.8 Å². The molecule has 0 aromatic heterocycles. The minimum atomic E-state index is -3.43. The first-order valence-electron chi connectivity index (χ1n) is 6.77. The standard InChI is InChI=1S/C14H22N2O3S/c1-10-4-7-12(8-14(10)20(17,18)15-2)16-13(9-19-3)11-5-6-11/h4,7-8,11,13,15-16H,5-6,9H2,1-3H3. The Morgan fingerprint density at radius 2 is 2.10 bits per heavy atom. The van der Waals surface area contributed by atoms with Crippen LogP contribution >= 0.6 is 0 Å². The van der Waals surface area contributed by atoms with Crippen molar-refractivity contribution in [3.05, 3.63) is 23.8 Å². The number of benzene rings is 1. The SMILES string of the molecule is CNS(=O)(=O)c1cc(NC(COC)C2CC2)ccc1C. The molecule has 0 radical (unpaired) electrons. The summed E-state index contributed by atoms with van der Waals surface area (Å²) in [5.41, 5.74) is 1.55. The molecule has 1 aliphatic carbocycles. The van der Waals surface area contributed by atoms with E-state index in [-0.39, 0.29) is 6.04 Å². The Bertz CT molecular complexity index is 568. The van der Waals surface area contributed by atoms with E-state index >= 15 is 0 Å². The van der Waals surface area contributed by atoms with Crippen molar-refractivity contribution >= 4 is 15.7 Å². The zero-order valence-electron chi connectivity index (χ0n) is 12.1. The minimum Gasteiger partial charge on any atom is -0.383 e. The van der Waals surface area contributed by atoms with Crippen LogP contribution in [0.25, 0.3) is 0 Å². The van der Waals surface area contributed by atoms with E-state index in [4.69, 9.17) is 4.74 Å². The molecule has 0 spiro atoms. The van der Waals surface area contributed by atoms with Crippen molar-refractivity contribution in [2.45, 2.75) is 30.7 Å². The third-order valence-electron chi connectivity index (χ3n) is 3.64. The number of nitrogens with one attached hydrogen (secondary N) is 2. The molecule has 2 rings (SSSR count). The molecule has 1 aliphatic rings. The number of sulfonamides is 1. The lowest BCUT2D eigenvalue weighted by Crippen LogP contribution is -2.27. The van der Waals surface area contributed by atoms with Gasteiger partial charge in [-0.15, -0.1) is 0 Å². The van der Waals surface area contributed by atoms with Gasteiger partial charge in [0.2, 0.25) is 10.0 Å². The minimum absolute atomic E-state index is 0.243. The summed E-state index contributed by atoms with van der Waals surface area (Å²) >= 11 is 0. The second kappa shape index (κ2) is 6.11. The topological polar surface area (TPSA) is 67.4 Å². The lowest BCUT2D eigenvalue weighted by molar-refractivity contribution is 0.179. The van der Waals surface area contributed by atoms with Crippen molar-refractivity contribution in [1.29, 1.82) is 0 Å². The maximum absolute atomic E-state index is 12.0. The van der Waals surface area contributed by atoms with Crippen LogP contribution in [0.3, 0.4) is 0 Å². The van der Waals surface area contributed by atoms with Gasteiger partial charge in [-0.05, 0) is 50.4 Å². The molecule has 1 atom stereocenters. The van der Waals surface area contributed by atoms with E-state index in [9.17, 15) is 8.42 Å². The van der Waals surface area contributed by atoms with Gasteiger partial charge in [-0.25, -0.2) is 13.1 Å². The van der Waals surface area contributed by atoms with Crippen LogP contribution < -0.4 is 10.0 Å². The lowest BCUT2D eigenvalue weighted by atomic mass is 10.1. The maximum Gasteiger partial charge on any atom is 0.240 e. The summed E-state index contributed by atoms with van der Waals surface area (Å²) < 4.78 is 31.5. The van der Waals surface area contributed by atoms with Gasteiger partial charge in [0.25, 0.3) is 0 Å². The van der Waals surface area contributed by atoms with Crippen LogP contribution in [0.5, 0.6) is 0 Å². The summed E-state index contributed by atoms with van der Waals surface area (Å²) in [6.45, 7) is 2.42. The Balaban J connectivity index is 2.22. The first-order chi connectivity index (χ1) is 9.47. The molecule has 1 unspecified atom stereocenters. The number of hydrogen-bond acceptors (Lipinski definition) is 4. The smallest absolute Gasteiger partial charge is 0.240 e. The van der Waals surface area contributed by atoms with Crippen LogP contribution in [0, 0.1) is 12.8 Å². The van der Waals surface area contributed by atoms with Crippen molar-refractivity contribution in [1.82, 2.24) is 4.72 Å². The van der Waals surface area contributed by atoms with E-state index < -0.39 is 10.0 Å². The van der Waals surface area contributed by atoms with E-state index in [0.717, 1.165) is 11.3 Å². The molecule has 5 nitrogen and oxygen atoms in total. The van der Waals surface area contributed by atoms with Gasteiger partial charge in [-0.3, -0.25) is 0 Å². The Morgan fingerprint density at radius 1 is 1.40 bits per heavy atom. The van der Waals surface area contributed by atoms with Crippen molar-refractivity contribution in [2.24, 2.45) is 5.92 Å². The fraction of sp³-hybridized carbons (Fsp3) is 0.571. The van der Waals surface area contributed by atoms with Crippen LogP contribution in [0.1, 0.15) is 18.4 Å². The summed E-state index contributed by atoms with van der Waals surface area (Å²) in [6, 6.07) is 5.66. The van der Waals surface area contributed by atoms with Crippen LogP contribution in [-0.2, 0) is 14.8 Å². The average molecular weight is 298 g/mol. The third kappa shape index (κ3) is 3.50. The van der Waals surface area contributed by atoms with E-state index in [1.54, 1.807) is 20.1 Å². The molecule has 0 aliphatic heterocycles. The fourth-order valence-corrected chi connectivity index (χ4v) is 3.27. The van der Waals surface area contributed by atoms with Gasteiger partial charge in [-0.1, -0.05) is 6.07 Å². The second-order valence-electron chi connectivity index (χ2n) is 5.23. The summed E-state index contributed by atoms with van der Waals surface area (Å²) in [5, 5.41) is 3.39. The van der Waals surface area contributed by atoms with Crippen molar-refractivity contribution in [2.75, 3.05) is 26.1 Å². The highest BCUT2D eigenvalue weighted by molar-refractivity contribution is 7.89. The molecule has 112 valence electrons. The Kier molecular flexibility index (Phi) is 4.67. The predicted molar refractivity (Wildman–Crippen MR) is 79.4 cm³/mol. The first-order valence-corrected chi connectivity index (χ1v) is 8.26. The summed E-state index contributed by atoms with van der Waals surface area (Å²) in [4.78, 5) is 0.317. The zero-order chi connectivity index (χ0) is 14.8. The number of methoxy groups -OCH3 is 1. The van der Waals surface area contributed by atoms with Crippen molar-refractivity contribution in [3.8, 4) is 0 Å². The highest BCUT2D eigenvalue weighted by atomic mass is 32.2. The second-order valence-corrected chi connectivity index (χ2v) is 7.09. The number of ether oxygens (including phenoxy) is 1. The average Bonchev–Trinajstić information content (AvgIpc) is 3.24. The molecule has 0 bridgehead atoms. The van der Waals surface area contributed by atoms with E-state index in [1.165, 1.54) is 19.9 Å². The quantitative estimate of drug-likeness (QED) is 0.804. The number of anilines is 1. The van der Waals surface area contributed by atoms with Crippen LogP contribution in [0.15, 0.2) is 23.1 Å². The fourth-order valence-electron chi connectivity index (χ4n) is 2.28. The molecule has 0 amide bonds. The van der Waals surface area contributed by atoms with Crippen LogP contribution in [0.4, 0.5) is 5.69 Å². The molecular weight excluding hydrogens is 276 g/mol. The zero-order valence-corrected chi connectivity index (χ0v) is 13.0. The molecule has 2 N–H and O–H groups in total. The first kappa shape index (κ1) is 15.3. The predicted octanol–water partition coefficient (Wildman–Crippen LogP) is 1.74. The molecule has 1 aromatic carbocycles. The monoisotopic (exact) mass is 298 g/mol. The van der Waals surface area contributed by atoms with Gasteiger partial charge in [-0.2, -0.15) is 0 Å². The van der Waals surface area contributed by atoms with E-state index in [0.29, 0.717) is 17.4 Å². The summed E-state index contributed by atoms with van der Waals surface area (Å²) in [6.07, 6.45) is 2.41. The summed E-state index contributed by atoms with van der Waals surface area (Å²) in [7, 11) is -0.318. The normalized spacial score (nSPS) is 16.9. The van der Waals surface area contributed by atoms with E-state index in [2.05, 4.69) is 10.0 Å². The molecule has 0 saturated heterocycles. The van der Waals surface area contributed by atoms with Crippen molar-refractivity contribution < 1.29 is 13.2 Å². The van der Waals surface area contributed by atoms with Gasteiger partial charge in [0.05, 0.1) is 17.5 Å². The Morgan fingerprint density at radius 3 is 2.65 bits per heavy atom. The van der Waals surface area contributed by atoms with Gasteiger partial charge < -0.3 is 10.1 Å². The number of rotatable bonds is 7. The van der Waals surface area contributed by atoms with Crippen LogP contribution in [-0.4, -0.2) is 35.2 Å². The molecular formula is C14H22N2O3S. The van der Waals surface area contributed by atoms with E-state index in [1.807, 2.05) is 12.1 Å². The molecule has 6 heteroatoms. The lowest BCUT2D eigenvalue weighted by Gasteiger charge is -2.19. The van der Waals surface area contributed by atoms with Gasteiger partial charge in [0.15, 0.2) is 0 Å². The molecule has 1 aromatic rings. The number of hydrogen-bond donors (Lipinski definition) is 2. The third-order valence-corrected chi connectivity index (χ3v) is 5.19. The maximum atomic E-state index is 12.0. The highest BCUT2D eigenvalue weighted by Gasteiger charge is 2.31. The van der Waals surface area contributed by atoms with Gasteiger partial charge in [0.1, 0.15) is 0 Å². The largest absolute Gasteiger partial charge is 0.383 e. The molecule has 0 heterocycles. The van der Waals surface area contributed by atoms with Crippen molar-refractivity contribution in [3.63, 3.8) is 0 Å². The molecule has 1 saturated carbocycles. The summed E-state index contributed by atoms with van der Waals surface area (Å²) in [5.74, 6) is 0.626. The molecule has 20 heavy (non-hydrogen) atoms. The van der Waals surface area contributed by atoms with Gasteiger partial charge >= 0.3 is 0 Å². The Hall–Kier alpha value is -1.11.